The number of hydrogen-bond acceptors (Lipinski definition) is 2. The zero-order valence-electron chi connectivity index (χ0n) is 13.1. The Bertz CT molecular complexity index is 985. The van der Waals surface area contributed by atoms with E-state index in [1.54, 1.807) is 30.9 Å². The van der Waals surface area contributed by atoms with E-state index in [0.717, 1.165) is 18.2 Å². The first-order valence-corrected chi connectivity index (χ1v) is 7.25. The lowest BCUT2D eigenvalue weighted by Crippen LogP contribution is -2.24. The van der Waals surface area contributed by atoms with Gasteiger partial charge in [0, 0.05) is 32.9 Å². The predicted octanol–water partition coefficient (Wildman–Crippen LogP) is 2.09. The minimum atomic E-state index is -0.702. The molecule has 0 aliphatic heterocycles. The van der Waals surface area contributed by atoms with Crippen LogP contribution in [0.15, 0.2) is 41.3 Å². The Kier molecular flexibility index (Phi) is 3.92. The van der Waals surface area contributed by atoms with Gasteiger partial charge in [-0.05, 0) is 29.8 Å². The Morgan fingerprint density at radius 2 is 1.79 bits per heavy atom. The molecule has 0 radical (unpaired) electrons. The average molecular weight is 331 g/mol. The quantitative estimate of drug-likeness (QED) is 0.799. The van der Waals surface area contributed by atoms with E-state index >= 15 is 0 Å². The molecule has 2 heterocycles. The molecule has 24 heavy (non-hydrogen) atoms. The van der Waals surface area contributed by atoms with Crippen LogP contribution < -0.4 is 10.9 Å². The second-order valence-corrected chi connectivity index (χ2v) is 5.58. The van der Waals surface area contributed by atoms with Gasteiger partial charge < -0.3 is 14.5 Å². The molecule has 0 aliphatic carbocycles. The maximum absolute atomic E-state index is 13.2. The van der Waals surface area contributed by atoms with Gasteiger partial charge in [0.2, 0.25) is 0 Å². The second kappa shape index (κ2) is 5.92. The lowest BCUT2D eigenvalue weighted by atomic mass is 10.2. The molecule has 0 unspecified atom stereocenters. The van der Waals surface area contributed by atoms with Crippen molar-refractivity contribution < 1.29 is 13.6 Å². The highest BCUT2D eigenvalue weighted by molar-refractivity contribution is 5.98. The highest BCUT2D eigenvalue weighted by Crippen LogP contribution is 2.15. The number of fused-ring (bicyclic) bond motifs is 1. The second-order valence-electron chi connectivity index (χ2n) is 5.58. The number of benzene rings is 1. The molecule has 1 amide bonds. The topological polar surface area (TPSA) is 56.0 Å². The third-order valence-electron chi connectivity index (χ3n) is 3.89. The van der Waals surface area contributed by atoms with Crippen LogP contribution in [0.25, 0.3) is 10.9 Å². The number of halogens is 2. The molecule has 3 aromatic rings. The SMILES string of the molecule is Cn1ccc2c(cc(C(=O)NCc3cc(F)cc(F)c3)n2C)c1=O. The normalized spacial score (nSPS) is 11.0. The van der Waals surface area contributed by atoms with Crippen LogP contribution in [0.5, 0.6) is 0 Å². The van der Waals surface area contributed by atoms with Crippen LogP contribution in [0.3, 0.4) is 0 Å². The number of pyridine rings is 1. The number of amides is 1. The zero-order chi connectivity index (χ0) is 17.4. The Labute approximate surface area is 136 Å². The van der Waals surface area contributed by atoms with Crippen LogP contribution in [-0.2, 0) is 20.6 Å². The fourth-order valence-corrected chi connectivity index (χ4v) is 2.63. The molecule has 124 valence electrons. The van der Waals surface area contributed by atoms with Crippen molar-refractivity contribution in [1.82, 2.24) is 14.5 Å². The monoisotopic (exact) mass is 331 g/mol. The highest BCUT2D eigenvalue weighted by atomic mass is 19.1. The van der Waals surface area contributed by atoms with E-state index in [9.17, 15) is 18.4 Å². The van der Waals surface area contributed by atoms with Crippen LogP contribution in [-0.4, -0.2) is 15.0 Å². The van der Waals surface area contributed by atoms with E-state index < -0.39 is 17.5 Å². The van der Waals surface area contributed by atoms with Gasteiger partial charge in [0.05, 0.1) is 10.9 Å². The number of carbonyl (C=O) groups is 1. The number of carbonyl (C=O) groups excluding carboxylic acids is 1. The van der Waals surface area contributed by atoms with Crippen molar-refractivity contribution in [2.24, 2.45) is 14.1 Å². The fraction of sp³-hybridized carbons (Fsp3) is 0.176. The Balaban J connectivity index is 1.87. The fourth-order valence-electron chi connectivity index (χ4n) is 2.63. The zero-order valence-corrected chi connectivity index (χ0v) is 13.1. The van der Waals surface area contributed by atoms with Gasteiger partial charge in [0.1, 0.15) is 17.3 Å². The first-order chi connectivity index (χ1) is 11.4. The van der Waals surface area contributed by atoms with E-state index in [2.05, 4.69) is 5.32 Å². The molecule has 1 N–H and O–H groups in total. The third kappa shape index (κ3) is 2.80. The van der Waals surface area contributed by atoms with Crippen LogP contribution >= 0.6 is 0 Å². The number of aromatic nitrogens is 2. The largest absolute Gasteiger partial charge is 0.347 e. The molecule has 0 aliphatic rings. The lowest BCUT2D eigenvalue weighted by molar-refractivity contribution is 0.0943. The molecule has 0 fully saturated rings. The maximum Gasteiger partial charge on any atom is 0.268 e. The lowest BCUT2D eigenvalue weighted by Gasteiger charge is -2.07. The number of hydrogen-bond donors (Lipinski definition) is 1. The average Bonchev–Trinajstić information content (AvgIpc) is 2.85. The predicted molar refractivity (Wildman–Crippen MR) is 85.7 cm³/mol. The van der Waals surface area contributed by atoms with Crippen molar-refractivity contribution in [2.75, 3.05) is 0 Å². The summed E-state index contributed by atoms with van der Waals surface area (Å²) < 4.78 is 29.4. The molecular formula is C17H15F2N3O2. The van der Waals surface area contributed by atoms with E-state index in [4.69, 9.17) is 0 Å². The van der Waals surface area contributed by atoms with Crippen molar-refractivity contribution >= 4 is 16.8 Å². The number of aryl methyl sites for hydroxylation is 2. The Morgan fingerprint density at radius 1 is 1.12 bits per heavy atom. The van der Waals surface area contributed by atoms with Crippen molar-refractivity contribution in [2.45, 2.75) is 6.54 Å². The standard InChI is InChI=1S/C17H15F2N3O2/c1-21-4-3-14-13(17(21)24)8-15(22(14)2)16(23)20-9-10-5-11(18)7-12(19)6-10/h3-8H,9H2,1-2H3,(H,20,23). The molecule has 0 bridgehead atoms. The summed E-state index contributed by atoms with van der Waals surface area (Å²) in [6.45, 7) is -0.0208. The summed E-state index contributed by atoms with van der Waals surface area (Å²) in [5.41, 5.74) is 1.05. The maximum atomic E-state index is 13.2. The minimum absolute atomic E-state index is 0.0208. The molecule has 0 spiro atoms. The van der Waals surface area contributed by atoms with E-state index in [0.29, 0.717) is 22.2 Å². The van der Waals surface area contributed by atoms with Gasteiger partial charge in [0.15, 0.2) is 0 Å². The molecular weight excluding hydrogens is 316 g/mol. The van der Waals surface area contributed by atoms with Gasteiger partial charge in [-0.2, -0.15) is 0 Å². The van der Waals surface area contributed by atoms with E-state index in [1.807, 2.05) is 0 Å². The summed E-state index contributed by atoms with van der Waals surface area (Å²) >= 11 is 0. The summed E-state index contributed by atoms with van der Waals surface area (Å²) in [5.74, 6) is -1.83. The van der Waals surface area contributed by atoms with Gasteiger partial charge in [-0.1, -0.05) is 0 Å². The molecule has 1 aromatic carbocycles. The van der Waals surface area contributed by atoms with Crippen molar-refractivity contribution in [3.05, 3.63) is 69.8 Å². The van der Waals surface area contributed by atoms with Crippen molar-refractivity contribution in [3.8, 4) is 0 Å². The Hall–Kier alpha value is -2.96. The molecule has 5 nitrogen and oxygen atoms in total. The summed E-state index contributed by atoms with van der Waals surface area (Å²) in [5, 5.41) is 3.04. The van der Waals surface area contributed by atoms with Gasteiger partial charge in [0.25, 0.3) is 11.5 Å². The van der Waals surface area contributed by atoms with Gasteiger partial charge in [-0.15, -0.1) is 0 Å². The molecule has 2 aromatic heterocycles. The molecule has 3 rings (SSSR count). The Morgan fingerprint density at radius 3 is 2.46 bits per heavy atom. The number of nitrogens with zero attached hydrogens (tertiary/aromatic N) is 2. The first kappa shape index (κ1) is 15.9. The van der Waals surface area contributed by atoms with Crippen molar-refractivity contribution in [3.63, 3.8) is 0 Å². The summed E-state index contributed by atoms with van der Waals surface area (Å²) in [7, 11) is 3.31. The van der Waals surface area contributed by atoms with Crippen molar-refractivity contribution in [1.29, 1.82) is 0 Å². The highest BCUT2D eigenvalue weighted by Gasteiger charge is 2.15. The van der Waals surface area contributed by atoms with E-state index in [1.165, 1.54) is 10.6 Å². The van der Waals surface area contributed by atoms with Gasteiger partial charge in [-0.3, -0.25) is 9.59 Å². The smallest absolute Gasteiger partial charge is 0.268 e. The van der Waals surface area contributed by atoms with Crippen LogP contribution in [0, 0.1) is 11.6 Å². The first-order valence-electron chi connectivity index (χ1n) is 7.25. The number of rotatable bonds is 3. The van der Waals surface area contributed by atoms with Gasteiger partial charge >= 0.3 is 0 Å². The molecule has 0 saturated heterocycles. The van der Waals surface area contributed by atoms with Crippen LogP contribution in [0.1, 0.15) is 16.1 Å². The van der Waals surface area contributed by atoms with Crippen LogP contribution in [0.4, 0.5) is 8.78 Å². The van der Waals surface area contributed by atoms with E-state index in [-0.39, 0.29) is 12.1 Å². The summed E-state index contributed by atoms with van der Waals surface area (Å²) in [6, 6.07) is 6.33. The minimum Gasteiger partial charge on any atom is -0.347 e. The third-order valence-corrected chi connectivity index (χ3v) is 3.89. The van der Waals surface area contributed by atoms with Crippen LogP contribution in [0.2, 0.25) is 0 Å². The summed E-state index contributed by atoms with van der Waals surface area (Å²) in [6.07, 6.45) is 1.63. The summed E-state index contributed by atoms with van der Waals surface area (Å²) in [4.78, 5) is 24.5. The molecule has 0 atom stereocenters. The molecule has 0 saturated carbocycles. The molecule has 7 heteroatoms. The van der Waals surface area contributed by atoms with Gasteiger partial charge in [-0.25, -0.2) is 8.78 Å². The number of nitrogens with one attached hydrogen (secondary N) is 1.